The van der Waals surface area contributed by atoms with Gasteiger partial charge in [0.1, 0.15) is 6.54 Å². The third-order valence-corrected chi connectivity index (χ3v) is 5.24. The van der Waals surface area contributed by atoms with Gasteiger partial charge < -0.3 is 14.2 Å². The molecule has 0 atom stereocenters. The minimum Gasteiger partial charge on any atom is -0.378 e. The van der Waals surface area contributed by atoms with Crippen molar-refractivity contribution in [3.05, 3.63) is 47.6 Å². The highest BCUT2D eigenvalue weighted by Crippen LogP contribution is 2.25. The fourth-order valence-electron chi connectivity index (χ4n) is 2.86. The lowest BCUT2D eigenvalue weighted by Crippen LogP contribution is -2.35. The number of aromatic nitrogens is 2. The molecule has 2 aromatic heterocycles. The van der Waals surface area contributed by atoms with E-state index in [-0.39, 0.29) is 12.5 Å². The van der Waals surface area contributed by atoms with Gasteiger partial charge in [0.15, 0.2) is 0 Å². The first-order valence-electron chi connectivity index (χ1n) is 8.44. The Labute approximate surface area is 154 Å². The predicted octanol–water partition coefficient (Wildman–Crippen LogP) is 2.08. The third kappa shape index (κ3) is 3.76. The van der Waals surface area contributed by atoms with Crippen LogP contribution in [-0.2, 0) is 16.1 Å². The second kappa shape index (κ2) is 7.67. The van der Waals surface area contributed by atoms with E-state index in [0.717, 1.165) is 42.2 Å². The number of amides is 1. The molecule has 0 radical (unpaired) electrons. The number of nitrogens with one attached hydrogen (secondary N) is 1. The van der Waals surface area contributed by atoms with Crippen LogP contribution in [-0.4, -0.2) is 48.0 Å². The summed E-state index contributed by atoms with van der Waals surface area (Å²) in [7, 11) is 0. The average Bonchev–Trinajstić information content (AvgIpc) is 3.30. The van der Waals surface area contributed by atoms with Crippen molar-refractivity contribution in [2.45, 2.75) is 6.54 Å². The number of imidazole rings is 1. The van der Waals surface area contributed by atoms with E-state index in [1.54, 1.807) is 23.9 Å². The topological polar surface area (TPSA) is 71.8 Å². The molecule has 1 N–H and O–H groups in total. The maximum atomic E-state index is 12.1. The molecule has 0 saturated carbocycles. The lowest BCUT2D eigenvalue weighted by atomic mass is 10.3. The summed E-state index contributed by atoms with van der Waals surface area (Å²) in [6.07, 6.45) is 3.35. The zero-order chi connectivity index (χ0) is 17.8. The summed E-state index contributed by atoms with van der Waals surface area (Å²) in [6.45, 7) is 3.53. The summed E-state index contributed by atoms with van der Waals surface area (Å²) in [4.78, 5) is 19.7. The van der Waals surface area contributed by atoms with Crippen LogP contribution in [0, 0.1) is 0 Å². The zero-order valence-corrected chi connectivity index (χ0v) is 15.0. The number of hydrazone groups is 1. The zero-order valence-electron chi connectivity index (χ0n) is 14.2. The van der Waals surface area contributed by atoms with Gasteiger partial charge in [-0.1, -0.05) is 12.1 Å². The number of anilines is 1. The van der Waals surface area contributed by atoms with Crippen LogP contribution in [0.4, 0.5) is 5.00 Å². The molecule has 7 nitrogen and oxygen atoms in total. The van der Waals surface area contributed by atoms with Crippen molar-refractivity contribution in [2.75, 3.05) is 31.2 Å². The molecule has 0 unspecified atom stereocenters. The molecule has 4 rings (SSSR count). The van der Waals surface area contributed by atoms with Crippen molar-refractivity contribution in [3.63, 3.8) is 0 Å². The van der Waals surface area contributed by atoms with Crippen LogP contribution in [0.5, 0.6) is 0 Å². The average molecular weight is 369 g/mol. The van der Waals surface area contributed by atoms with E-state index in [9.17, 15) is 4.79 Å². The summed E-state index contributed by atoms with van der Waals surface area (Å²) < 4.78 is 7.18. The van der Waals surface area contributed by atoms with E-state index in [4.69, 9.17) is 4.74 Å². The maximum absolute atomic E-state index is 12.1. The van der Waals surface area contributed by atoms with Crippen molar-refractivity contribution in [3.8, 4) is 0 Å². The van der Waals surface area contributed by atoms with Gasteiger partial charge in [-0.2, -0.15) is 5.10 Å². The van der Waals surface area contributed by atoms with Crippen LogP contribution < -0.4 is 10.3 Å². The SMILES string of the molecule is O=C(Cn1cnc2ccccc21)NN=Cc1ccc(N2CCOCC2)s1. The lowest BCUT2D eigenvalue weighted by molar-refractivity contribution is -0.121. The highest BCUT2D eigenvalue weighted by molar-refractivity contribution is 7.17. The van der Waals surface area contributed by atoms with Gasteiger partial charge in [0, 0.05) is 18.0 Å². The first-order chi connectivity index (χ1) is 12.8. The van der Waals surface area contributed by atoms with Crippen LogP contribution in [0.2, 0.25) is 0 Å². The van der Waals surface area contributed by atoms with E-state index in [2.05, 4.69) is 26.5 Å². The number of para-hydroxylation sites is 2. The minimum atomic E-state index is -0.186. The summed E-state index contributed by atoms with van der Waals surface area (Å²) in [5.41, 5.74) is 4.38. The number of nitrogens with zero attached hydrogens (tertiary/aromatic N) is 4. The molecule has 1 amide bonds. The molecule has 0 bridgehead atoms. The molecule has 134 valence electrons. The van der Waals surface area contributed by atoms with Crippen molar-refractivity contribution in [2.24, 2.45) is 5.10 Å². The van der Waals surface area contributed by atoms with Gasteiger partial charge in [0.05, 0.1) is 41.8 Å². The van der Waals surface area contributed by atoms with Crippen molar-refractivity contribution >= 4 is 39.5 Å². The van der Waals surface area contributed by atoms with E-state index in [1.165, 1.54) is 5.00 Å². The molecular weight excluding hydrogens is 350 g/mol. The number of morpholine rings is 1. The maximum Gasteiger partial charge on any atom is 0.260 e. The van der Waals surface area contributed by atoms with Crippen LogP contribution in [0.1, 0.15) is 4.88 Å². The molecule has 1 saturated heterocycles. The van der Waals surface area contributed by atoms with Crippen LogP contribution >= 0.6 is 11.3 Å². The Morgan fingerprint density at radius 1 is 1.27 bits per heavy atom. The fourth-order valence-corrected chi connectivity index (χ4v) is 3.79. The number of fused-ring (bicyclic) bond motifs is 1. The summed E-state index contributed by atoms with van der Waals surface area (Å²) in [6, 6.07) is 11.8. The monoisotopic (exact) mass is 369 g/mol. The van der Waals surface area contributed by atoms with E-state index in [1.807, 2.05) is 34.9 Å². The van der Waals surface area contributed by atoms with E-state index < -0.39 is 0 Å². The molecule has 1 aromatic carbocycles. The molecule has 0 spiro atoms. The Bertz CT molecular complexity index is 926. The van der Waals surface area contributed by atoms with Crippen LogP contribution in [0.15, 0.2) is 47.8 Å². The number of thiophene rings is 1. The van der Waals surface area contributed by atoms with Crippen molar-refractivity contribution in [1.29, 1.82) is 0 Å². The summed E-state index contributed by atoms with van der Waals surface area (Å²) in [5, 5.41) is 5.27. The van der Waals surface area contributed by atoms with Crippen LogP contribution in [0.3, 0.4) is 0 Å². The highest BCUT2D eigenvalue weighted by Gasteiger charge is 2.12. The standard InChI is InChI=1S/C18H19N5O2S/c24-17(12-23-13-19-15-3-1-2-4-16(15)23)21-20-11-14-5-6-18(26-14)22-7-9-25-10-8-22/h1-6,11,13H,7-10,12H2,(H,21,24). The highest BCUT2D eigenvalue weighted by atomic mass is 32.1. The van der Waals surface area contributed by atoms with Gasteiger partial charge in [-0.05, 0) is 24.3 Å². The number of hydrogen-bond acceptors (Lipinski definition) is 6. The van der Waals surface area contributed by atoms with Gasteiger partial charge in [0.2, 0.25) is 0 Å². The number of ether oxygens (including phenoxy) is 1. The van der Waals surface area contributed by atoms with Gasteiger partial charge >= 0.3 is 0 Å². The van der Waals surface area contributed by atoms with Crippen LogP contribution in [0.25, 0.3) is 11.0 Å². The number of carbonyl (C=O) groups is 1. The third-order valence-electron chi connectivity index (χ3n) is 4.16. The second-order valence-electron chi connectivity index (χ2n) is 5.93. The van der Waals surface area contributed by atoms with Gasteiger partial charge in [0.25, 0.3) is 5.91 Å². The number of carbonyl (C=O) groups excluding carboxylic acids is 1. The quantitative estimate of drug-likeness (QED) is 0.552. The van der Waals surface area contributed by atoms with Crippen molar-refractivity contribution < 1.29 is 9.53 Å². The molecule has 3 aromatic rings. The first kappa shape index (κ1) is 16.7. The Morgan fingerprint density at radius 3 is 3.00 bits per heavy atom. The fraction of sp³-hybridized carbons (Fsp3) is 0.278. The molecular formula is C18H19N5O2S. The Kier molecular flexibility index (Phi) is 4.94. The molecule has 3 heterocycles. The molecule has 26 heavy (non-hydrogen) atoms. The second-order valence-corrected chi connectivity index (χ2v) is 7.02. The number of rotatable bonds is 5. The van der Waals surface area contributed by atoms with Gasteiger partial charge in [-0.15, -0.1) is 11.3 Å². The molecule has 1 fully saturated rings. The Balaban J connectivity index is 1.33. The normalized spacial score (nSPS) is 15.0. The number of benzene rings is 1. The first-order valence-corrected chi connectivity index (χ1v) is 9.25. The largest absolute Gasteiger partial charge is 0.378 e. The molecule has 0 aliphatic carbocycles. The number of hydrogen-bond donors (Lipinski definition) is 1. The van der Waals surface area contributed by atoms with Gasteiger partial charge in [-0.3, -0.25) is 4.79 Å². The predicted molar refractivity (Wildman–Crippen MR) is 103 cm³/mol. The molecule has 8 heteroatoms. The molecule has 1 aliphatic heterocycles. The summed E-state index contributed by atoms with van der Waals surface area (Å²) >= 11 is 1.65. The van der Waals surface area contributed by atoms with Crippen molar-refractivity contribution in [1.82, 2.24) is 15.0 Å². The summed E-state index contributed by atoms with van der Waals surface area (Å²) in [5.74, 6) is -0.186. The van der Waals surface area contributed by atoms with Gasteiger partial charge in [-0.25, -0.2) is 10.4 Å². The Morgan fingerprint density at radius 2 is 2.12 bits per heavy atom. The minimum absolute atomic E-state index is 0.182. The Hall–Kier alpha value is -2.71. The van der Waals surface area contributed by atoms with E-state index >= 15 is 0 Å². The van der Waals surface area contributed by atoms with E-state index in [0.29, 0.717) is 0 Å². The lowest BCUT2D eigenvalue weighted by Gasteiger charge is -2.27. The molecule has 1 aliphatic rings. The smallest absolute Gasteiger partial charge is 0.260 e.